The van der Waals surface area contributed by atoms with Crippen LogP contribution in [0.4, 0.5) is 55.3 Å². The lowest BCUT2D eigenvalue weighted by Crippen LogP contribution is -2.40. The van der Waals surface area contributed by atoms with Crippen LogP contribution in [0.5, 0.6) is 11.5 Å². The Balaban J connectivity index is 0.000000119. The van der Waals surface area contributed by atoms with Crippen LogP contribution in [-0.4, -0.2) is 222 Å². The molecule has 4 aliphatic rings. The molecule has 5 N–H and O–H groups in total. The number of carbonyl (C=O) groups excluding carboxylic acids is 2. The monoisotopic (exact) mass is 1940 g/mol. The van der Waals surface area contributed by atoms with Crippen molar-refractivity contribution in [3.05, 3.63) is 301 Å². The standard InChI is InChI=1S/C28H26N8O3.C27H24N8O3.C25H23FN6.C23H22BrFN6/c1-35-17-21(15-32-35)24-12-20-14-31-28(34-25(20)13-26(24)39-18-23-16-29-5-6-30-23)33-22-4-2-3-19(11-22)27(37)36-7-9-38-10-8-36;36-26(35-6-8-37-9-7-35)18-2-1-3-21(10-18)33-27-30-13-19-11-23(20-14-31-32-15-20)25(12-24(19)34-27)38-17-22-16-28-4-5-29-22;1-3-17-4-5-24-20(8-17)12-27-25(30-24)29-23-10-18(14-32-7-6-22(26)16-32)9-19(11-23)21-13-28-31(2)15-21;1-30-13-18(11-27-30)16-6-15(12-31-5-4-20(25)14-31)7-21(9-16)28-23-26-10-17-8-19(24)2-3-22(17)29-23/h2-6,11-17H,7-10,18H2,1H3,(H,31,33,34);1-5,10-16H,6-9,17H2,(H,31,32)(H,30,33,34);1,4-5,8-13,15,22H,6-7,14,16H2,2H3,(H,27,29,30);2-3,6-11,13,20H,4-5,12,14H2,1H3,(H,26,28,29)/t;;22-;20-/m..00/s1. The summed E-state index contributed by atoms with van der Waals surface area (Å²) < 4.78 is 56.7. The molecule has 22 rings (SSSR count). The van der Waals surface area contributed by atoms with Gasteiger partial charge in [-0.1, -0.05) is 34.0 Å². The third kappa shape index (κ3) is 23.6. The molecule has 18 aromatic rings. The molecule has 8 aromatic carbocycles. The third-order valence-electron chi connectivity index (χ3n) is 23.6. The first kappa shape index (κ1) is 92.7. The Hall–Kier alpha value is -16.4. The molecule has 4 fully saturated rings. The van der Waals surface area contributed by atoms with Gasteiger partial charge in [-0.15, -0.1) is 6.42 Å². The summed E-state index contributed by atoms with van der Waals surface area (Å²) in [5, 5.41) is 36.5. The Morgan fingerprint density at radius 2 is 0.893 bits per heavy atom. The van der Waals surface area contributed by atoms with Gasteiger partial charge >= 0.3 is 0 Å². The number of anilines is 8. The first-order valence-electron chi connectivity index (χ1n) is 45.4. The molecule has 0 aliphatic carbocycles. The molecule has 0 unspecified atom stereocenters. The Labute approximate surface area is 811 Å². The summed E-state index contributed by atoms with van der Waals surface area (Å²) in [4.78, 5) is 87.2. The molecule has 704 valence electrons. The number of nitrogens with one attached hydrogen (secondary N) is 5. The molecule has 0 radical (unpaired) electrons. The minimum absolute atomic E-state index is 0.0193. The predicted octanol–water partition coefficient (Wildman–Crippen LogP) is 16.6. The second kappa shape index (κ2) is 43.3. The number of halogens is 3. The van der Waals surface area contributed by atoms with Crippen LogP contribution in [0.3, 0.4) is 0 Å². The highest BCUT2D eigenvalue weighted by Crippen LogP contribution is 2.39. The number of amides is 2. The van der Waals surface area contributed by atoms with Gasteiger partial charge in [0, 0.05) is 272 Å². The number of alkyl halides is 2. The molecular formula is C103H95BrF2N28O6. The van der Waals surface area contributed by atoms with Gasteiger partial charge in [0.2, 0.25) is 23.8 Å². The topological polar surface area (TPSA) is 369 Å². The molecule has 14 heterocycles. The largest absolute Gasteiger partial charge is 0.487 e. The number of aromatic amines is 1. The lowest BCUT2D eigenvalue weighted by molar-refractivity contribution is 0.0301. The van der Waals surface area contributed by atoms with E-state index in [0.29, 0.717) is 160 Å². The highest BCUT2D eigenvalue weighted by atomic mass is 79.9. The number of aromatic nitrogens is 20. The fraction of sp³-hybridized carbons (Fsp3) is 0.223. The summed E-state index contributed by atoms with van der Waals surface area (Å²) in [5.41, 5.74) is 19.6. The number of aryl methyl sites for hydroxylation is 3. The van der Waals surface area contributed by atoms with E-state index in [4.69, 9.17) is 35.3 Å². The Kier molecular flexibility index (Phi) is 28.7. The van der Waals surface area contributed by atoms with E-state index in [1.807, 2.05) is 168 Å². The quantitative estimate of drug-likeness (QED) is 0.0351. The lowest BCUT2D eigenvalue weighted by atomic mass is 10.0. The number of terminal acetylenes is 1. The minimum atomic E-state index is -0.741. The van der Waals surface area contributed by atoms with Gasteiger partial charge in [-0.3, -0.25) is 58.5 Å². The smallest absolute Gasteiger partial charge is 0.254 e. The molecule has 2 atom stereocenters. The number of likely N-dealkylation sites (tertiary alicyclic amines) is 2. The van der Waals surface area contributed by atoms with Crippen molar-refractivity contribution < 1.29 is 37.3 Å². The molecule has 0 saturated carbocycles. The van der Waals surface area contributed by atoms with Gasteiger partial charge in [0.25, 0.3) is 11.8 Å². The summed E-state index contributed by atoms with van der Waals surface area (Å²) in [6.07, 6.45) is 37.1. The average Bonchev–Trinajstić information content (AvgIpc) is 1.05. The van der Waals surface area contributed by atoms with Gasteiger partial charge in [0.1, 0.15) is 37.1 Å². The summed E-state index contributed by atoms with van der Waals surface area (Å²) in [6.45, 7) is 9.02. The van der Waals surface area contributed by atoms with E-state index in [-0.39, 0.29) is 25.0 Å². The van der Waals surface area contributed by atoms with Crippen molar-refractivity contribution in [1.29, 1.82) is 0 Å². The maximum Gasteiger partial charge on any atom is 0.254 e. The summed E-state index contributed by atoms with van der Waals surface area (Å²) in [5.74, 6) is 5.72. The van der Waals surface area contributed by atoms with Crippen LogP contribution in [-0.2, 0) is 56.9 Å². The molecular weight excluding hydrogens is 1840 g/mol. The number of morpholine rings is 2. The van der Waals surface area contributed by atoms with Crippen LogP contribution in [0, 0.1) is 12.3 Å². The van der Waals surface area contributed by atoms with E-state index in [0.717, 1.165) is 134 Å². The Morgan fingerprint density at radius 3 is 1.32 bits per heavy atom. The molecule has 140 heavy (non-hydrogen) atoms. The number of rotatable bonds is 24. The maximum atomic E-state index is 13.7. The SMILES string of the molecule is C#Cc1ccc2nc(Nc3cc(CN4CC[C@H](F)C4)cc(-c4cnn(C)c4)c3)ncc2c1.Cn1cc(-c2cc(CN3CC[C@H](F)C3)cc(Nc3ncc4cc(Br)ccc4n3)c2)cn1.Cn1cc(-c2cc3cnc(Nc4cccc(C(=O)N5CCOCC5)c4)nc3cc2OCc2cnccn2)cn1.O=C(c1cccc(Nc2ncc3cc(-c4cn[nH]c4)c(OCc4cnccn4)cc3n2)c1)N1CCOCC1. The molecule has 0 spiro atoms. The first-order chi connectivity index (χ1) is 68.4. The summed E-state index contributed by atoms with van der Waals surface area (Å²) in [7, 11) is 5.67. The third-order valence-corrected chi connectivity index (χ3v) is 24.1. The average molecular weight is 1940 g/mol. The number of fused-ring (bicyclic) bond motifs is 4. The van der Waals surface area contributed by atoms with Gasteiger partial charge in [0.05, 0.1) is 97.1 Å². The number of carbonyl (C=O) groups is 2. The number of ether oxygens (including phenoxy) is 4. The highest BCUT2D eigenvalue weighted by molar-refractivity contribution is 9.10. The van der Waals surface area contributed by atoms with E-state index in [1.54, 1.807) is 98.2 Å². The maximum absolute atomic E-state index is 13.7. The molecule has 34 nitrogen and oxygen atoms in total. The molecule has 4 aliphatic heterocycles. The van der Waals surface area contributed by atoms with Crippen LogP contribution >= 0.6 is 15.9 Å². The fourth-order valence-electron chi connectivity index (χ4n) is 16.7. The zero-order valence-electron chi connectivity index (χ0n) is 76.6. The first-order valence-corrected chi connectivity index (χ1v) is 46.2. The molecule has 37 heteroatoms. The number of benzene rings is 8. The van der Waals surface area contributed by atoms with E-state index in [2.05, 4.69) is 165 Å². The number of H-pyrrole nitrogens is 1. The normalized spacial score (nSPS) is 14.8. The van der Waals surface area contributed by atoms with Gasteiger partial charge in [-0.05, 0) is 156 Å². The minimum Gasteiger partial charge on any atom is -0.487 e. The zero-order chi connectivity index (χ0) is 95.8. The van der Waals surface area contributed by atoms with Crippen LogP contribution in [0.15, 0.2) is 262 Å². The Bertz CT molecular complexity index is 7490. The second-order valence-electron chi connectivity index (χ2n) is 33.9. The van der Waals surface area contributed by atoms with E-state index < -0.39 is 12.3 Å². The van der Waals surface area contributed by atoms with Gasteiger partial charge in [-0.25, -0.2) is 48.7 Å². The number of hydrogen-bond acceptors (Lipinski definition) is 28. The predicted molar refractivity (Wildman–Crippen MR) is 533 cm³/mol. The molecule has 4 saturated heterocycles. The summed E-state index contributed by atoms with van der Waals surface area (Å²) in [6, 6.07) is 46.5. The zero-order valence-corrected chi connectivity index (χ0v) is 78.2. The van der Waals surface area contributed by atoms with E-state index in [9.17, 15) is 18.4 Å². The van der Waals surface area contributed by atoms with Crippen molar-refractivity contribution in [1.82, 2.24) is 119 Å². The lowest BCUT2D eigenvalue weighted by Gasteiger charge is -2.27. The van der Waals surface area contributed by atoms with Crippen molar-refractivity contribution >= 4 is 118 Å². The van der Waals surface area contributed by atoms with Crippen LogP contribution in [0.2, 0.25) is 0 Å². The van der Waals surface area contributed by atoms with Crippen molar-refractivity contribution in [3.63, 3.8) is 0 Å². The second-order valence-corrected chi connectivity index (χ2v) is 34.8. The van der Waals surface area contributed by atoms with Crippen molar-refractivity contribution in [2.75, 3.05) is 100 Å². The van der Waals surface area contributed by atoms with Gasteiger partial charge in [0.15, 0.2) is 0 Å². The summed E-state index contributed by atoms with van der Waals surface area (Å²) >= 11 is 3.48. The number of nitrogens with zero attached hydrogens (tertiary/aromatic N) is 23. The van der Waals surface area contributed by atoms with Crippen molar-refractivity contribution in [3.8, 4) is 68.4 Å². The van der Waals surface area contributed by atoms with Gasteiger partial charge in [-0.2, -0.15) is 20.4 Å². The highest BCUT2D eigenvalue weighted by Gasteiger charge is 2.27. The van der Waals surface area contributed by atoms with Crippen molar-refractivity contribution in [2.24, 2.45) is 21.1 Å². The van der Waals surface area contributed by atoms with Crippen LogP contribution in [0.25, 0.3) is 88.1 Å². The number of hydrogen-bond donors (Lipinski definition) is 5. The fourth-order valence-corrected chi connectivity index (χ4v) is 17.1. The Morgan fingerprint density at radius 1 is 0.450 bits per heavy atom. The van der Waals surface area contributed by atoms with E-state index in [1.165, 1.54) is 0 Å². The van der Waals surface area contributed by atoms with Crippen molar-refractivity contribution in [2.45, 2.75) is 51.5 Å². The van der Waals surface area contributed by atoms with Gasteiger partial charge < -0.3 is 50.0 Å². The molecule has 0 bridgehead atoms. The van der Waals surface area contributed by atoms with Crippen LogP contribution in [0.1, 0.15) is 61.6 Å². The molecule has 10 aromatic heterocycles. The van der Waals surface area contributed by atoms with Crippen LogP contribution < -0.4 is 30.7 Å². The van der Waals surface area contributed by atoms with E-state index >= 15 is 0 Å². The molecule has 2 amide bonds.